The predicted molar refractivity (Wildman–Crippen MR) is 61.0 cm³/mol. The maximum absolute atomic E-state index is 10.7. The van der Waals surface area contributed by atoms with E-state index < -0.39 is 0 Å². The zero-order valence-corrected chi connectivity index (χ0v) is 9.54. The molecule has 88 valence electrons. The Labute approximate surface area is 92.6 Å². The van der Waals surface area contributed by atoms with Gasteiger partial charge in [-0.15, -0.1) is 0 Å². The Bertz CT molecular complexity index is 148. The number of rotatable bonds is 1. The smallest absolute Gasteiger partial charge is 0.148 e. The van der Waals surface area contributed by atoms with Crippen LogP contribution < -0.4 is 5.32 Å². The molecule has 1 fully saturated rings. The van der Waals surface area contributed by atoms with Gasteiger partial charge in [0.15, 0.2) is 0 Å². The third-order valence-corrected chi connectivity index (χ3v) is 2.82. The minimum atomic E-state index is -0.161. The molecule has 0 amide bonds. The fourth-order valence-corrected chi connectivity index (χ4v) is 1.87. The molecule has 0 bridgehead atoms. The molecule has 0 aromatic carbocycles. The monoisotopic (exact) mass is 213 g/mol. The summed E-state index contributed by atoms with van der Waals surface area (Å²) in [5.74, 6) is 0. The van der Waals surface area contributed by atoms with Crippen LogP contribution in [0.4, 0.5) is 0 Å². The van der Waals surface area contributed by atoms with Crippen LogP contribution in [0.25, 0.3) is 0 Å². The average molecular weight is 213 g/mol. The van der Waals surface area contributed by atoms with E-state index >= 15 is 0 Å². The Hall–Kier alpha value is -0.410. The van der Waals surface area contributed by atoms with Crippen LogP contribution >= 0.6 is 0 Å². The SMILES string of the molecule is O=CC1CCCCCCCNCCCO1. The van der Waals surface area contributed by atoms with Crippen molar-refractivity contribution >= 4 is 6.29 Å². The molecule has 1 rings (SSSR count). The molecule has 0 radical (unpaired) electrons. The van der Waals surface area contributed by atoms with Crippen LogP contribution in [0.2, 0.25) is 0 Å². The van der Waals surface area contributed by atoms with Crippen LogP contribution in [0, 0.1) is 0 Å². The van der Waals surface area contributed by atoms with E-state index in [9.17, 15) is 4.79 Å². The highest BCUT2D eigenvalue weighted by molar-refractivity contribution is 5.55. The Balaban J connectivity index is 2.20. The van der Waals surface area contributed by atoms with Gasteiger partial charge in [0.1, 0.15) is 12.4 Å². The number of carbonyl (C=O) groups is 1. The van der Waals surface area contributed by atoms with Gasteiger partial charge < -0.3 is 14.8 Å². The van der Waals surface area contributed by atoms with E-state index in [-0.39, 0.29) is 6.10 Å². The standard InChI is InChI=1S/C12H23NO2/c14-11-12-7-4-2-1-3-5-8-13-9-6-10-15-12/h11-13H,1-10H2. The minimum absolute atomic E-state index is 0.161. The molecule has 0 spiro atoms. The molecule has 1 atom stereocenters. The molecule has 1 unspecified atom stereocenters. The van der Waals surface area contributed by atoms with Gasteiger partial charge in [-0.1, -0.05) is 25.7 Å². The summed E-state index contributed by atoms with van der Waals surface area (Å²) in [6.07, 6.45) is 8.91. The molecule has 0 saturated carbocycles. The topological polar surface area (TPSA) is 38.3 Å². The number of hydrogen-bond donors (Lipinski definition) is 1. The van der Waals surface area contributed by atoms with Crippen molar-refractivity contribution in [2.45, 2.75) is 51.0 Å². The largest absolute Gasteiger partial charge is 0.371 e. The Morgan fingerprint density at radius 1 is 1.00 bits per heavy atom. The highest BCUT2D eigenvalue weighted by atomic mass is 16.5. The second-order valence-electron chi connectivity index (χ2n) is 4.21. The summed E-state index contributed by atoms with van der Waals surface area (Å²) >= 11 is 0. The first-order valence-electron chi connectivity index (χ1n) is 6.21. The predicted octanol–water partition coefficient (Wildman–Crippen LogP) is 1.90. The molecular weight excluding hydrogens is 190 g/mol. The highest BCUT2D eigenvalue weighted by Gasteiger charge is 2.07. The van der Waals surface area contributed by atoms with E-state index in [1.54, 1.807) is 0 Å². The van der Waals surface area contributed by atoms with Gasteiger partial charge in [0.05, 0.1) is 0 Å². The van der Waals surface area contributed by atoms with Crippen LogP contribution in [0.5, 0.6) is 0 Å². The van der Waals surface area contributed by atoms with Crippen molar-refractivity contribution < 1.29 is 9.53 Å². The summed E-state index contributed by atoms with van der Waals surface area (Å²) in [6, 6.07) is 0. The van der Waals surface area contributed by atoms with E-state index in [4.69, 9.17) is 4.74 Å². The lowest BCUT2D eigenvalue weighted by molar-refractivity contribution is -0.118. The third-order valence-electron chi connectivity index (χ3n) is 2.82. The van der Waals surface area contributed by atoms with Crippen molar-refractivity contribution in [2.75, 3.05) is 19.7 Å². The quantitative estimate of drug-likeness (QED) is 0.676. The molecule has 0 aromatic rings. The van der Waals surface area contributed by atoms with Crippen molar-refractivity contribution in [1.29, 1.82) is 0 Å². The second kappa shape index (κ2) is 8.86. The van der Waals surface area contributed by atoms with Crippen LogP contribution in [-0.2, 0) is 9.53 Å². The average Bonchev–Trinajstić information content (AvgIpc) is 2.29. The maximum atomic E-state index is 10.7. The summed E-state index contributed by atoms with van der Waals surface area (Å²) in [4.78, 5) is 10.7. The zero-order valence-electron chi connectivity index (χ0n) is 9.54. The number of hydrogen-bond acceptors (Lipinski definition) is 3. The number of aldehydes is 1. The summed E-state index contributed by atoms with van der Waals surface area (Å²) in [5.41, 5.74) is 0. The molecule has 1 aliphatic heterocycles. The van der Waals surface area contributed by atoms with Crippen molar-refractivity contribution in [3.8, 4) is 0 Å². The zero-order chi connectivity index (χ0) is 10.8. The highest BCUT2D eigenvalue weighted by Crippen LogP contribution is 2.09. The lowest BCUT2D eigenvalue weighted by Gasteiger charge is -2.11. The molecule has 3 heteroatoms. The van der Waals surface area contributed by atoms with E-state index in [0.29, 0.717) is 6.61 Å². The summed E-state index contributed by atoms with van der Waals surface area (Å²) in [5, 5.41) is 3.39. The number of carbonyl (C=O) groups excluding carboxylic acids is 1. The van der Waals surface area contributed by atoms with E-state index in [1.807, 2.05) is 0 Å². The van der Waals surface area contributed by atoms with Crippen molar-refractivity contribution in [3.05, 3.63) is 0 Å². The Morgan fingerprint density at radius 3 is 2.60 bits per heavy atom. The molecular formula is C12H23NO2. The van der Waals surface area contributed by atoms with Gasteiger partial charge in [-0.05, 0) is 32.4 Å². The molecule has 0 aromatic heterocycles. The van der Waals surface area contributed by atoms with Crippen molar-refractivity contribution in [3.63, 3.8) is 0 Å². The van der Waals surface area contributed by atoms with Gasteiger partial charge >= 0.3 is 0 Å². The molecule has 1 aliphatic rings. The number of ether oxygens (including phenoxy) is 1. The maximum Gasteiger partial charge on any atom is 0.148 e. The molecule has 3 nitrogen and oxygen atoms in total. The van der Waals surface area contributed by atoms with Crippen LogP contribution in [0.15, 0.2) is 0 Å². The summed E-state index contributed by atoms with van der Waals surface area (Å²) in [6.45, 7) is 2.83. The fraction of sp³-hybridized carbons (Fsp3) is 0.917. The van der Waals surface area contributed by atoms with E-state index in [1.165, 1.54) is 25.7 Å². The number of nitrogens with one attached hydrogen (secondary N) is 1. The van der Waals surface area contributed by atoms with Gasteiger partial charge in [0.25, 0.3) is 0 Å². The first-order chi connectivity index (χ1) is 7.43. The van der Waals surface area contributed by atoms with Gasteiger partial charge in [-0.25, -0.2) is 0 Å². The first-order valence-corrected chi connectivity index (χ1v) is 6.21. The fourth-order valence-electron chi connectivity index (χ4n) is 1.87. The minimum Gasteiger partial charge on any atom is -0.371 e. The first kappa shape index (κ1) is 12.7. The van der Waals surface area contributed by atoms with Crippen LogP contribution in [0.1, 0.15) is 44.9 Å². The molecule has 15 heavy (non-hydrogen) atoms. The van der Waals surface area contributed by atoms with Crippen molar-refractivity contribution in [1.82, 2.24) is 5.32 Å². The van der Waals surface area contributed by atoms with Crippen LogP contribution in [-0.4, -0.2) is 32.1 Å². The van der Waals surface area contributed by atoms with Crippen molar-refractivity contribution in [2.24, 2.45) is 0 Å². The summed E-state index contributed by atoms with van der Waals surface area (Å²) in [7, 11) is 0. The lowest BCUT2D eigenvalue weighted by atomic mass is 10.1. The molecule has 1 heterocycles. The van der Waals surface area contributed by atoms with Gasteiger partial charge in [0, 0.05) is 6.61 Å². The molecule has 1 saturated heterocycles. The van der Waals surface area contributed by atoms with E-state index in [0.717, 1.165) is 38.6 Å². The van der Waals surface area contributed by atoms with E-state index in [2.05, 4.69) is 5.32 Å². The van der Waals surface area contributed by atoms with Crippen LogP contribution in [0.3, 0.4) is 0 Å². The molecule has 1 N–H and O–H groups in total. The Kier molecular flexibility index (Phi) is 7.48. The molecule has 0 aliphatic carbocycles. The third kappa shape index (κ3) is 6.63. The normalized spacial score (nSPS) is 27.1. The van der Waals surface area contributed by atoms with Gasteiger partial charge in [0.2, 0.25) is 0 Å². The summed E-state index contributed by atoms with van der Waals surface area (Å²) < 4.78 is 5.50. The van der Waals surface area contributed by atoms with Gasteiger partial charge in [-0.3, -0.25) is 0 Å². The lowest BCUT2D eigenvalue weighted by Crippen LogP contribution is -2.20. The Morgan fingerprint density at radius 2 is 1.73 bits per heavy atom. The van der Waals surface area contributed by atoms with Gasteiger partial charge in [-0.2, -0.15) is 0 Å². The second-order valence-corrected chi connectivity index (χ2v) is 4.21.